The Morgan fingerprint density at radius 2 is 2.31 bits per heavy atom. The minimum absolute atomic E-state index is 0.401. The lowest BCUT2D eigenvalue weighted by atomic mass is 10.1. The van der Waals surface area contributed by atoms with Crippen molar-refractivity contribution in [2.24, 2.45) is 0 Å². The van der Waals surface area contributed by atoms with Gasteiger partial charge in [-0.25, -0.2) is 5.06 Å². The molecule has 0 amide bonds. The largest absolute Gasteiger partial charge is 0.388 e. The quantitative estimate of drug-likeness (QED) is 0.615. The van der Waals surface area contributed by atoms with E-state index in [0.717, 1.165) is 12.8 Å². The lowest BCUT2D eigenvalue weighted by Crippen LogP contribution is -2.27. The molecule has 72 valence electrons. The zero-order chi connectivity index (χ0) is 9.68. The predicted molar refractivity (Wildman–Crippen MR) is 54.7 cm³/mol. The van der Waals surface area contributed by atoms with Crippen LogP contribution in [0.25, 0.3) is 0 Å². The third-order valence-electron chi connectivity index (χ3n) is 2.03. The van der Waals surface area contributed by atoms with E-state index in [1.165, 1.54) is 5.57 Å². The van der Waals surface area contributed by atoms with Gasteiger partial charge in [0, 0.05) is 6.20 Å². The van der Waals surface area contributed by atoms with E-state index in [2.05, 4.69) is 20.4 Å². The summed E-state index contributed by atoms with van der Waals surface area (Å²) in [5.74, 6) is 0. The average molecular weight is 179 g/mol. The van der Waals surface area contributed by atoms with Gasteiger partial charge in [-0.05, 0) is 38.8 Å². The highest BCUT2D eigenvalue weighted by molar-refractivity contribution is 5.02. The highest BCUT2D eigenvalue weighted by Crippen LogP contribution is 2.13. The molecule has 1 unspecified atom stereocenters. The normalized spacial score (nSPS) is 16.9. The zero-order valence-electron chi connectivity index (χ0n) is 8.36. The van der Waals surface area contributed by atoms with E-state index >= 15 is 0 Å². The van der Waals surface area contributed by atoms with Crippen LogP contribution in [0.4, 0.5) is 0 Å². The maximum atomic E-state index is 5.31. The number of hydroxylamine groups is 2. The summed E-state index contributed by atoms with van der Waals surface area (Å²) >= 11 is 0. The molecule has 1 aliphatic heterocycles. The molecule has 2 heteroatoms. The summed E-state index contributed by atoms with van der Waals surface area (Å²) in [6.45, 7) is 8.08. The van der Waals surface area contributed by atoms with Crippen molar-refractivity contribution in [1.82, 2.24) is 5.06 Å². The van der Waals surface area contributed by atoms with Crippen molar-refractivity contribution in [3.05, 3.63) is 36.8 Å². The third-order valence-corrected chi connectivity index (χ3v) is 2.03. The van der Waals surface area contributed by atoms with Crippen LogP contribution in [-0.4, -0.2) is 11.1 Å². The molecule has 0 aromatic carbocycles. The summed E-state index contributed by atoms with van der Waals surface area (Å²) in [4.78, 5) is 5.31. The van der Waals surface area contributed by atoms with Crippen LogP contribution in [0.15, 0.2) is 36.8 Å². The van der Waals surface area contributed by atoms with Crippen molar-refractivity contribution >= 4 is 0 Å². The van der Waals surface area contributed by atoms with Gasteiger partial charge in [0.1, 0.15) is 6.26 Å². The first-order valence-electron chi connectivity index (χ1n) is 4.63. The highest BCUT2D eigenvalue weighted by Gasteiger charge is 2.10. The number of rotatable bonds is 4. The molecule has 1 aliphatic rings. The summed E-state index contributed by atoms with van der Waals surface area (Å²) in [6, 6.07) is 0.401. The molecule has 2 nitrogen and oxygen atoms in total. The SMILES string of the molecule is C=C(C)CCC(C)N1C=CC=CO1. The van der Waals surface area contributed by atoms with Crippen molar-refractivity contribution < 1.29 is 4.84 Å². The molecule has 0 aromatic heterocycles. The lowest BCUT2D eigenvalue weighted by Gasteiger charge is -2.26. The lowest BCUT2D eigenvalue weighted by molar-refractivity contribution is -0.0911. The van der Waals surface area contributed by atoms with Gasteiger partial charge in [-0.3, -0.25) is 0 Å². The van der Waals surface area contributed by atoms with Crippen molar-refractivity contribution in [2.45, 2.75) is 32.7 Å². The fraction of sp³-hybridized carbons (Fsp3) is 0.455. The Balaban J connectivity index is 2.30. The molecule has 1 atom stereocenters. The van der Waals surface area contributed by atoms with Crippen molar-refractivity contribution in [3.63, 3.8) is 0 Å². The molecule has 1 heterocycles. The minimum Gasteiger partial charge on any atom is -0.388 e. The molecule has 13 heavy (non-hydrogen) atoms. The smallest absolute Gasteiger partial charge is 0.119 e. The Bertz CT molecular complexity index is 230. The zero-order valence-corrected chi connectivity index (χ0v) is 8.36. The molecule has 0 aromatic rings. The predicted octanol–water partition coefficient (Wildman–Crippen LogP) is 3.01. The third kappa shape index (κ3) is 3.36. The standard InChI is InChI=1S/C11H17NO/c1-10(2)6-7-11(3)12-8-4-5-9-13-12/h4-5,8-9,11H,1,6-7H2,2-3H3. The van der Waals surface area contributed by atoms with E-state index < -0.39 is 0 Å². The van der Waals surface area contributed by atoms with Crippen LogP contribution in [-0.2, 0) is 4.84 Å². The van der Waals surface area contributed by atoms with E-state index in [1.807, 2.05) is 23.4 Å². The van der Waals surface area contributed by atoms with Crippen LogP contribution >= 0.6 is 0 Å². The maximum Gasteiger partial charge on any atom is 0.119 e. The summed E-state index contributed by atoms with van der Waals surface area (Å²) in [5.41, 5.74) is 1.23. The van der Waals surface area contributed by atoms with E-state index in [4.69, 9.17) is 4.84 Å². The highest BCUT2D eigenvalue weighted by atomic mass is 16.7. The molecule has 0 saturated carbocycles. The summed E-state index contributed by atoms with van der Waals surface area (Å²) in [7, 11) is 0. The Morgan fingerprint density at radius 3 is 2.85 bits per heavy atom. The number of hydrogen-bond acceptors (Lipinski definition) is 2. The number of hydrogen-bond donors (Lipinski definition) is 0. The molecule has 1 rings (SSSR count). The minimum atomic E-state index is 0.401. The first-order chi connectivity index (χ1) is 6.20. The number of nitrogens with zero attached hydrogens (tertiary/aromatic N) is 1. The van der Waals surface area contributed by atoms with Gasteiger partial charge < -0.3 is 4.84 Å². The second-order valence-electron chi connectivity index (χ2n) is 3.48. The molecule has 0 fully saturated rings. The monoisotopic (exact) mass is 179 g/mol. The van der Waals surface area contributed by atoms with Crippen molar-refractivity contribution in [3.8, 4) is 0 Å². The average Bonchev–Trinajstić information content (AvgIpc) is 2.15. The summed E-state index contributed by atoms with van der Waals surface area (Å²) < 4.78 is 0. The Kier molecular flexibility index (Phi) is 3.62. The Morgan fingerprint density at radius 1 is 1.54 bits per heavy atom. The van der Waals surface area contributed by atoms with E-state index in [1.54, 1.807) is 6.26 Å². The molecule has 0 radical (unpaired) electrons. The van der Waals surface area contributed by atoms with E-state index in [0.29, 0.717) is 6.04 Å². The first kappa shape index (κ1) is 9.90. The van der Waals surface area contributed by atoms with Crippen LogP contribution in [0, 0.1) is 0 Å². The van der Waals surface area contributed by atoms with Gasteiger partial charge in [0.05, 0.1) is 6.04 Å². The van der Waals surface area contributed by atoms with Gasteiger partial charge in [0.25, 0.3) is 0 Å². The number of allylic oxidation sites excluding steroid dienone is 3. The van der Waals surface area contributed by atoms with Gasteiger partial charge in [0.15, 0.2) is 0 Å². The van der Waals surface area contributed by atoms with Crippen LogP contribution in [0.2, 0.25) is 0 Å². The van der Waals surface area contributed by atoms with Gasteiger partial charge in [-0.15, -0.1) is 6.58 Å². The van der Waals surface area contributed by atoms with Crippen molar-refractivity contribution in [2.75, 3.05) is 0 Å². The van der Waals surface area contributed by atoms with E-state index in [-0.39, 0.29) is 0 Å². The summed E-state index contributed by atoms with van der Waals surface area (Å²) in [6.07, 6.45) is 9.62. The fourth-order valence-electron chi connectivity index (χ4n) is 1.15. The van der Waals surface area contributed by atoms with Crippen LogP contribution in [0.5, 0.6) is 0 Å². The molecule has 0 bridgehead atoms. The van der Waals surface area contributed by atoms with Gasteiger partial charge in [-0.1, -0.05) is 5.57 Å². The Labute approximate surface area is 80.1 Å². The fourth-order valence-corrected chi connectivity index (χ4v) is 1.15. The van der Waals surface area contributed by atoms with Gasteiger partial charge in [-0.2, -0.15) is 0 Å². The molecule has 0 saturated heterocycles. The molecule has 0 aliphatic carbocycles. The first-order valence-corrected chi connectivity index (χ1v) is 4.63. The summed E-state index contributed by atoms with van der Waals surface area (Å²) in [5, 5.41) is 1.86. The second kappa shape index (κ2) is 4.75. The van der Waals surface area contributed by atoms with Crippen molar-refractivity contribution in [1.29, 1.82) is 0 Å². The molecular weight excluding hydrogens is 162 g/mol. The van der Waals surface area contributed by atoms with Crippen LogP contribution < -0.4 is 0 Å². The van der Waals surface area contributed by atoms with Gasteiger partial charge >= 0.3 is 0 Å². The second-order valence-corrected chi connectivity index (χ2v) is 3.48. The topological polar surface area (TPSA) is 12.5 Å². The van der Waals surface area contributed by atoms with Crippen LogP contribution in [0.3, 0.4) is 0 Å². The van der Waals surface area contributed by atoms with Gasteiger partial charge in [0.2, 0.25) is 0 Å². The van der Waals surface area contributed by atoms with Crippen LogP contribution in [0.1, 0.15) is 26.7 Å². The van der Waals surface area contributed by atoms with E-state index in [9.17, 15) is 0 Å². The molecule has 0 N–H and O–H groups in total. The maximum absolute atomic E-state index is 5.31. The molecular formula is C11H17NO. The Hall–Kier alpha value is -1.18. The molecule has 0 spiro atoms.